The van der Waals surface area contributed by atoms with Crippen LogP contribution in [0.25, 0.3) is 16.8 Å². The van der Waals surface area contributed by atoms with Gasteiger partial charge in [0.2, 0.25) is 0 Å². The van der Waals surface area contributed by atoms with Gasteiger partial charge in [-0.3, -0.25) is 15.4 Å². The minimum absolute atomic E-state index is 0.422. The highest BCUT2D eigenvalue weighted by atomic mass is 32.2. The molecule has 3 aromatic rings. The van der Waals surface area contributed by atoms with Gasteiger partial charge in [0.25, 0.3) is 0 Å². The van der Waals surface area contributed by atoms with Crippen LogP contribution in [0, 0.1) is 18.3 Å². The van der Waals surface area contributed by atoms with Gasteiger partial charge < -0.3 is 4.74 Å². The van der Waals surface area contributed by atoms with E-state index in [0.717, 1.165) is 47.2 Å². The van der Waals surface area contributed by atoms with Crippen LogP contribution in [-0.4, -0.2) is 35.1 Å². The molecule has 1 fully saturated rings. The van der Waals surface area contributed by atoms with Gasteiger partial charge in [0.1, 0.15) is 0 Å². The number of nitrogens with zero attached hydrogens (tertiary/aromatic N) is 2. The second-order valence-electron chi connectivity index (χ2n) is 8.42. The third kappa shape index (κ3) is 7.12. The normalized spacial score (nSPS) is 15.5. The molecule has 1 N–H and O–H groups in total. The molecular formula is C29H35N3OS. The fraction of sp³-hybridized carbons (Fsp3) is 0.345. The molecule has 1 atom stereocenters. The summed E-state index contributed by atoms with van der Waals surface area (Å²) in [6, 6.07) is 18.1. The molecule has 5 heteroatoms. The van der Waals surface area contributed by atoms with Gasteiger partial charge in [-0.2, -0.15) is 0 Å². The summed E-state index contributed by atoms with van der Waals surface area (Å²) >= 11 is 1.72. The van der Waals surface area contributed by atoms with Crippen LogP contribution in [0.3, 0.4) is 0 Å². The van der Waals surface area contributed by atoms with E-state index in [1.807, 2.05) is 50.3 Å². The zero-order chi connectivity index (χ0) is 24.3. The molecule has 1 unspecified atom stereocenters. The fourth-order valence-electron chi connectivity index (χ4n) is 4.01. The van der Waals surface area contributed by atoms with Crippen molar-refractivity contribution in [1.82, 2.24) is 9.97 Å². The van der Waals surface area contributed by atoms with Crippen molar-refractivity contribution in [1.29, 1.82) is 5.41 Å². The minimum atomic E-state index is 0.422. The van der Waals surface area contributed by atoms with E-state index in [4.69, 9.17) is 10.1 Å². The second kappa shape index (κ2) is 13.2. The first-order valence-corrected chi connectivity index (χ1v) is 13.2. The van der Waals surface area contributed by atoms with Gasteiger partial charge >= 0.3 is 0 Å². The number of hydrogen-bond acceptors (Lipinski definition) is 5. The molecule has 0 bridgehead atoms. The molecule has 0 amide bonds. The maximum absolute atomic E-state index is 8.60. The summed E-state index contributed by atoms with van der Waals surface area (Å²) in [5, 5.41) is 8.60. The van der Waals surface area contributed by atoms with Crippen molar-refractivity contribution < 1.29 is 4.74 Å². The van der Waals surface area contributed by atoms with Crippen LogP contribution in [0.4, 0.5) is 0 Å². The molecule has 0 spiro atoms. The predicted octanol–water partition coefficient (Wildman–Crippen LogP) is 7.47. The van der Waals surface area contributed by atoms with Crippen LogP contribution in [0.15, 0.2) is 71.8 Å². The number of aromatic nitrogens is 2. The third-order valence-electron chi connectivity index (χ3n) is 5.88. The summed E-state index contributed by atoms with van der Waals surface area (Å²) in [6.45, 7) is 8.15. The summed E-state index contributed by atoms with van der Waals surface area (Å²) in [7, 11) is 0. The summed E-state index contributed by atoms with van der Waals surface area (Å²) < 4.78 is 5.21. The summed E-state index contributed by atoms with van der Waals surface area (Å²) in [6.07, 6.45) is 9.80. The van der Waals surface area contributed by atoms with E-state index in [2.05, 4.69) is 47.4 Å². The second-order valence-corrected chi connectivity index (χ2v) is 9.30. The van der Waals surface area contributed by atoms with Crippen molar-refractivity contribution in [2.24, 2.45) is 5.92 Å². The Morgan fingerprint density at radius 1 is 1.18 bits per heavy atom. The van der Waals surface area contributed by atoms with Crippen molar-refractivity contribution in [3.8, 4) is 11.3 Å². The maximum atomic E-state index is 8.60. The highest BCUT2D eigenvalue weighted by Crippen LogP contribution is 2.26. The van der Waals surface area contributed by atoms with Crippen LogP contribution in [0.5, 0.6) is 0 Å². The lowest BCUT2D eigenvalue weighted by molar-refractivity contribution is 0.184. The lowest BCUT2D eigenvalue weighted by Gasteiger charge is -2.11. The monoisotopic (exact) mass is 473 g/mol. The first-order valence-electron chi connectivity index (χ1n) is 11.9. The van der Waals surface area contributed by atoms with Gasteiger partial charge in [-0.05, 0) is 80.8 Å². The average molecular weight is 474 g/mol. The molecule has 1 saturated heterocycles. The van der Waals surface area contributed by atoms with Gasteiger partial charge in [0, 0.05) is 41.1 Å². The summed E-state index contributed by atoms with van der Waals surface area (Å²) in [4.78, 5) is 10.2. The Balaban J connectivity index is 0.000000343. The highest BCUT2D eigenvalue weighted by molar-refractivity contribution is 7.98. The van der Waals surface area contributed by atoms with Gasteiger partial charge in [0.05, 0.1) is 17.1 Å². The number of nitrogens with one attached hydrogen (secondary N) is 1. The highest BCUT2D eigenvalue weighted by Gasteiger charge is 2.14. The van der Waals surface area contributed by atoms with E-state index in [-0.39, 0.29) is 0 Å². The number of rotatable bonds is 7. The molecule has 2 aromatic heterocycles. The Hall–Kier alpha value is -2.76. The van der Waals surface area contributed by atoms with E-state index in [9.17, 15) is 0 Å². The van der Waals surface area contributed by atoms with Gasteiger partial charge in [-0.25, -0.2) is 0 Å². The number of ether oxygens (including phenoxy) is 1. The number of pyridine rings is 2. The first-order chi connectivity index (χ1) is 16.5. The molecule has 1 aliphatic rings. The van der Waals surface area contributed by atoms with Crippen LogP contribution < -0.4 is 0 Å². The van der Waals surface area contributed by atoms with Crippen molar-refractivity contribution in [2.45, 2.75) is 44.9 Å². The molecule has 3 heterocycles. The van der Waals surface area contributed by atoms with E-state index >= 15 is 0 Å². The van der Waals surface area contributed by atoms with Crippen LogP contribution >= 0.6 is 11.8 Å². The molecule has 0 radical (unpaired) electrons. The number of hydrogen-bond donors (Lipinski definition) is 1. The van der Waals surface area contributed by atoms with Crippen LogP contribution in [-0.2, 0) is 4.74 Å². The van der Waals surface area contributed by atoms with Crippen molar-refractivity contribution >= 4 is 23.0 Å². The van der Waals surface area contributed by atoms with Gasteiger partial charge in [0.15, 0.2) is 0 Å². The Kier molecular flexibility index (Phi) is 10.0. The first kappa shape index (κ1) is 25.9. The Morgan fingerprint density at radius 2 is 1.97 bits per heavy atom. The quantitative estimate of drug-likeness (QED) is 0.286. The largest absolute Gasteiger partial charge is 0.381 e. The average Bonchev–Trinajstić information content (AvgIpc) is 3.39. The number of benzene rings is 1. The van der Waals surface area contributed by atoms with E-state index < -0.39 is 0 Å². The molecule has 34 heavy (non-hydrogen) atoms. The Labute approximate surface area is 208 Å². The van der Waals surface area contributed by atoms with Gasteiger partial charge in [-0.1, -0.05) is 37.6 Å². The standard InChI is InChI=1S/C22H21N3S.C7H14O/c1-4-19(22(23)20-7-5-6-15(2)25-20)17-12-13-24-21(14-17)16-8-10-18(26-3)11-9-16;1-2-3-7-4-5-8-6-7/h4-14,23H,1-3H3;7H,2-6H2,1H3/b19-4-,23-22?;. The third-order valence-corrected chi connectivity index (χ3v) is 6.62. The molecule has 1 aliphatic heterocycles. The molecule has 4 rings (SSSR count). The summed E-state index contributed by atoms with van der Waals surface area (Å²) in [5.41, 5.74) is 5.81. The molecule has 4 nitrogen and oxygen atoms in total. The maximum Gasteiger partial charge on any atom is 0.0888 e. The molecule has 0 saturated carbocycles. The van der Waals surface area contributed by atoms with Crippen LogP contribution in [0.2, 0.25) is 0 Å². The molecule has 0 aliphatic carbocycles. The fourth-order valence-corrected chi connectivity index (χ4v) is 4.42. The topological polar surface area (TPSA) is 58.9 Å². The Morgan fingerprint density at radius 3 is 2.59 bits per heavy atom. The van der Waals surface area contributed by atoms with Crippen molar-refractivity contribution in [2.75, 3.05) is 19.5 Å². The number of thioether (sulfide) groups is 1. The minimum Gasteiger partial charge on any atom is -0.381 e. The zero-order valence-corrected chi connectivity index (χ0v) is 21.5. The molecule has 178 valence electrons. The zero-order valence-electron chi connectivity index (χ0n) is 20.7. The van der Waals surface area contributed by atoms with Crippen LogP contribution in [0.1, 0.15) is 50.1 Å². The number of allylic oxidation sites excluding steroid dienone is 2. The molecule has 1 aromatic carbocycles. The lowest BCUT2D eigenvalue weighted by Crippen LogP contribution is -2.06. The lowest BCUT2D eigenvalue weighted by atomic mass is 9.97. The SMILES string of the molecule is C/C=C(\C(=N)c1cccc(C)n1)c1ccnc(-c2ccc(SC)cc2)c1.CCCC1CCOC1. The Bertz CT molecular complexity index is 1100. The molecular weight excluding hydrogens is 438 g/mol. The number of aryl methyl sites for hydroxylation is 1. The predicted molar refractivity (Wildman–Crippen MR) is 145 cm³/mol. The smallest absolute Gasteiger partial charge is 0.0888 e. The van der Waals surface area contributed by atoms with Gasteiger partial charge in [-0.15, -0.1) is 11.8 Å². The summed E-state index contributed by atoms with van der Waals surface area (Å²) in [5.74, 6) is 0.889. The van der Waals surface area contributed by atoms with E-state index in [1.165, 1.54) is 24.2 Å². The van der Waals surface area contributed by atoms with E-state index in [1.54, 1.807) is 18.0 Å². The van der Waals surface area contributed by atoms with Crippen molar-refractivity contribution in [3.63, 3.8) is 0 Å². The van der Waals surface area contributed by atoms with E-state index in [0.29, 0.717) is 11.4 Å². The van der Waals surface area contributed by atoms with Crippen molar-refractivity contribution in [3.05, 3.63) is 83.8 Å².